The number of ether oxygens (including phenoxy) is 4. The Hall–Kier alpha value is -2.64. The lowest BCUT2D eigenvalue weighted by Gasteiger charge is -2.33. The molecule has 1 aromatic carbocycles. The first-order valence-corrected chi connectivity index (χ1v) is 12.9. The summed E-state index contributed by atoms with van der Waals surface area (Å²) in [6.07, 6.45) is 13.7. The van der Waals surface area contributed by atoms with Gasteiger partial charge in [-0.25, -0.2) is 9.59 Å². The maximum atomic E-state index is 12.5. The Bertz CT molecular complexity index is 818. The summed E-state index contributed by atoms with van der Waals surface area (Å²) in [6.45, 7) is 3.97. The van der Waals surface area contributed by atoms with E-state index in [0.717, 1.165) is 31.2 Å². The Kier molecular flexibility index (Phi) is 11.8. The number of rotatable bonds is 13. The number of hydrogen-bond donors (Lipinski definition) is 1. The minimum absolute atomic E-state index is 0.00558. The van der Waals surface area contributed by atoms with E-state index in [1.165, 1.54) is 12.5 Å². The van der Waals surface area contributed by atoms with Crippen molar-refractivity contribution in [3.05, 3.63) is 60.2 Å². The fraction of sp³-hybridized carbons (Fsp3) is 0.571. The van der Waals surface area contributed by atoms with Crippen LogP contribution in [0, 0.1) is 11.8 Å². The number of hydrogen-bond acceptors (Lipinski definition) is 6. The molecule has 1 heterocycles. The molecule has 1 amide bonds. The average molecular weight is 486 g/mol. The molecule has 1 N–H and O–H groups in total. The number of carbonyl (C=O) groups excluding carboxylic acids is 2. The van der Waals surface area contributed by atoms with Gasteiger partial charge in [0.1, 0.15) is 6.61 Å². The van der Waals surface area contributed by atoms with Crippen LogP contribution in [-0.2, 0) is 30.3 Å². The van der Waals surface area contributed by atoms with Crippen LogP contribution in [-0.4, -0.2) is 44.2 Å². The summed E-state index contributed by atoms with van der Waals surface area (Å²) in [4.78, 5) is 24.9. The van der Waals surface area contributed by atoms with E-state index in [0.29, 0.717) is 38.6 Å². The number of carbonyl (C=O) groups is 2. The van der Waals surface area contributed by atoms with Crippen molar-refractivity contribution >= 4 is 12.1 Å². The van der Waals surface area contributed by atoms with Crippen molar-refractivity contribution in [3.8, 4) is 0 Å². The molecule has 0 bridgehead atoms. The summed E-state index contributed by atoms with van der Waals surface area (Å²) >= 11 is 0. The number of benzene rings is 1. The first kappa shape index (κ1) is 27.0. The second-order valence-corrected chi connectivity index (χ2v) is 9.07. The fourth-order valence-electron chi connectivity index (χ4n) is 4.50. The van der Waals surface area contributed by atoms with Gasteiger partial charge >= 0.3 is 12.1 Å². The minimum atomic E-state index is -0.463. The highest BCUT2D eigenvalue weighted by atomic mass is 16.7. The monoisotopic (exact) mass is 485 g/mol. The molecule has 0 saturated carbocycles. The van der Waals surface area contributed by atoms with E-state index in [9.17, 15) is 9.59 Å². The molecule has 35 heavy (non-hydrogen) atoms. The van der Waals surface area contributed by atoms with Crippen LogP contribution >= 0.6 is 0 Å². The first-order valence-electron chi connectivity index (χ1n) is 12.9. The number of nitrogens with one attached hydrogen (secondary N) is 1. The zero-order valence-electron chi connectivity index (χ0n) is 20.7. The quantitative estimate of drug-likeness (QED) is 0.177. The molecule has 7 nitrogen and oxygen atoms in total. The Balaban J connectivity index is 1.52. The number of alkyl carbamates (subject to hydrolysis) is 1. The summed E-state index contributed by atoms with van der Waals surface area (Å²) in [7, 11) is 0. The Morgan fingerprint density at radius 3 is 2.63 bits per heavy atom. The summed E-state index contributed by atoms with van der Waals surface area (Å²) in [5, 5.41) is 2.99. The molecule has 3 atom stereocenters. The zero-order chi connectivity index (χ0) is 24.7. The molecule has 1 fully saturated rings. The van der Waals surface area contributed by atoms with Crippen molar-refractivity contribution in [2.75, 3.05) is 19.8 Å². The van der Waals surface area contributed by atoms with Crippen LogP contribution in [0.5, 0.6) is 0 Å². The van der Waals surface area contributed by atoms with Crippen molar-refractivity contribution in [1.82, 2.24) is 5.32 Å². The summed E-state index contributed by atoms with van der Waals surface area (Å²) in [5.74, 6) is -0.0359. The van der Waals surface area contributed by atoms with Gasteiger partial charge in [-0.15, -0.1) is 0 Å². The molecule has 1 aromatic rings. The number of allylic oxidation sites excluding steroid dienone is 1. The SMILES string of the molecule is CCCCCC1CC=CC(NC(=O)OCc2ccccc2)C1/C=C/C(=O)OCCCC1OCCO1. The fourth-order valence-corrected chi connectivity index (χ4v) is 4.50. The Labute approximate surface area is 208 Å². The van der Waals surface area contributed by atoms with Gasteiger partial charge in [0.2, 0.25) is 0 Å². The maximum absolute atomic E-state index is 12.5. The van der Waals surface area contributed by atoms with Gasteiger partial charge in [-0.05, 0) is 30.7 Å². The second-order valence-electron chi connectivity index (χ2n) is 9.07. The Morgan fingerprint density at radius 2 is 1.86 bits per heavy atom. The van der Waals surface area contributed by atoms with Crippen molar-refractivity contribution in [3.63, 3.8) is 0 Å². The van der Waals surface area contributed by atoms with E-state index in [-0.39, 0.29) is 30.8 Å². The lowest BCUT2D eigenvalue weighted by molar-refractivity contribution is -0.138. The predicted octanol–water partition coefficient (Wildman–Crippen LogP) is 5.31. The Morgan fingerprint density at radius 1 is 1.06 bits per heavy atom. The molecule has 3 rings (SSSR count). The predicted molar refractivity (Wildman–Crippen MR) is 133 cm³/mol. The standard InChI is InChI=1S/C28H39NO6/c1-2-3-5-12-23-13-8-14-25(29-28(31)35-21-22-10-6-4-7-11-22)24(23)16-17-26(30)32-18-9-15-27-33-19-20-34-27/h4,6-8,10-11,14,16-17,23-25,27H,2-3,5,9,12-13,15,18-21H2,1H3,(H,29,31)/b17-16+. The van der Waals surface area contributed by atoms with Crippen LogP contribution < -0.4 is 5.32 Å². The van der Waals surface area contributed by atoms with Gasteiger partial charge in [0.05, 0.1) is 25.9 Å². The molecule has 7 heteroatoms. The van der Waals surface area contributed by atoms with E-state index in [4.69, 9.17) is 18.9 Å². The third kappa shape index (κ3) is 9.86. The van der Waals surface area contributed by atoms with Crippen molar-refractivity contribution in [2.45, 2.75) is 70.8 Å². The highest BCUT2D eigenvalue weighted by molar-refractivity contribution is 5.82. The van der Waals surface area contributed by atoms with Crippen LogP contribution in [0.3, 0.4) is 0 Å². The number of esters is 1. The zero-order valence-corrected chi connectivity index (χ0v) is 20.7. The van der Waals surface area contributed by atoms with Crippen molar-refractivity contribution < 1.29 is 28.5 Å². The number of unbranched alkanes of at least 4 members (excludes halogenated alkanes) is 2. The summed E-state index contributed by atoms with van der Waals surface area (Å²) in [5.41, 5.74) is 0.935. The van der Waals surface area contributed by atoms with Gasteiger partial charge < -0.3 is 24.3 Å². The van der Waals surface area contributed by atoms with Gasteiger partial charge in [0.15, 0.2) is 6.29 Å². The highest BCUT2D eigenvalue weighted by Crippen LogP contribution is 2.31. The van der Waals surface area contributed by atoms with Crippen molar-refractivity contribution in [2.24, 2.45) is 11.8 Å². The van der Waals surface area contributed by atoms with Crippen LogP contribution in [0.4, 0.5) is 4.79 Å². The third-order valence-corrected chi connectivity index (χ3v) is 6.39. The topological polar surface area (TPSA) is 83.1 Å². The minimum Gasteiger partial charge on any atom is -0.463 e. The third-order valence-electron chi connectivity index (χ3n) is 6.39. The molecule has 1 aliphatic carbocycles. The van der Waals surface area contributed by atoms with Gasteiger partial charge in [0, 0.05) is 18.4 Å². The molecule has 0 spiro atoms. The van der Waals surface area contributed by atoms with Gasteiger partial charge in [-0.3, -0.25) is 0 Å². The van der Waals surface area contributed by atoms with Gasteiger partial charge in [-0.1, -0.05) is 74.7 Å². The molecular formula is C28H39NO6. The molecular weight excluding hydrogens is 446 g/mol. The normalized spacial score (nSPS) is 22.4. The maximum Gasteiger partial charge on any atom is 0.407 e. The smallest absolute Gasteiger partial charge is 0.407 e. The molecule has 0 aromatic heterocycles. The highest BCUT2D eigenvalue weighted by Gasteiger charge is 2.30. The molecule has 0 radical (unpaired) electrons. The van der Waals surface area contributed by atoms with E-state index in [1.54, 1.807) is 0 Å². The lowest BCUT2D eigenvalue weighted by atomic mass is 9.77. The van der Waals surface area contributed by atoms with E-state index < -0.39 is 6.09 Å². The van der Waals surface area contributed by atoms with Crippen LogP contribution in [0.2, 0.25) is 0 Å². The van der Waals surface area contributed by atoms with E-state index in [2.05, 4.69) is 18.3 Å². The van der Waals surface area contributed by atoms with Crippen LogP contribution in [0.15, 0.2) is 54.6 Å². The molecule has 2 aliphatic rings. The lowest BCUT2D eigenvalue weighted by Crippen LogP contribution is -2.43. The van der Waals surface area contributed by atoms with Gasteiger partial charge in [0.25, 0.3) is 0 Å². The molecule has 1 saturated heterocycles. The van der Waals surface area contributed by atoms with Crippen LogP contribution in [0.25, 0.3) is 0 Å². The summed E-state index contributed by atoms with van der Waals surface area (Å²) < 4.78 is 21.6. The molecule has 192 valence electrons. The average Bonchev–Trinajstić information content (AvgIpc) is 3.39. The largest absolute Gasteiger partial charge is 0.463 e. The van der Waals surface area contributed by atoms with Crippen LogP contribution in [0.1, 0.15) is 57.4 Å². The number of amides is 1. The van der Waals surface area contributed by atoms with E-state index in [1.807, 2.05) is 42.5 Å². The first-order chi connectivity index (χ1) is 17.2. The van der Waals surface area contributed by atoms with Gasteiger partial charge in [-0.2, -0.15) is 0 Å². The van der Waals surface area contributed by atoms with Crippen molar-refractivity contribution in [1.29, 1.82) is 0 Å². The van der Waals surface area contributed by atoms with E-state index >= 15 is 0 Å². The molecule has 1 aliphatic heterocycles. The summed E-state index contributed by atoms with van der Waals surface area (Å²) in [6, 6.07) is 9.36. The second kappa shape index (κ2) is 15.4. The molecule has 3 unspecified atom stereocenters.